The van der Waals surface area contributed by atoms with Crippen molar-refractivity contribution in [2.24, 2.45) is 15.7 Å². The van der Waals surface area contributed by atoms with E-state index >= 15 is 0 Å². The monoisotopic (exact) mass is 357 g/mol. The molecule has 0 saturated heterocycles. The molecule has 136 valence electrons. The number of rotatable bonds is 4. The van der Waals surface area contributed by atoms with Crippen molar-refractivity contribution in [1.82, 2.24) is 0 Å². The number of allylic oxidation sites excluding steroid dienone is 1. The topological polar surface area (TPSA) is 60.0 Å². The average Bonchev–Trinajstić information content (AvgIpc) is 2.59. The number of ether oxygens (including phenoxy) is 1. The van der Waals surface area contributed by atoms with Gasteiger partial charge in [0, 0.05) is 12.8 Å². The minimum absolute atomic E-state index is 0.134. The van der Waals surface area contributed by atoms with Crippen molar-refractivity contribution < 1.29 is 13.5 Å². The smallest absolute Gasteiger partial charge is 0.215 e. The second-order valence-corrected chi connectivity index (χ2v) is 5.84. The number of benzene rings is 2. The van der Waals surface area contributed by atoms with Crippen molar-refractivity contribution in [3.63, 3.8) is 0 Å². The van der Waals surface area contributed by atoms with Crippen molar-refractivity contribution in [1.29, 1.82) is 0 Å². The molecule has 0 radical (unpaired) electrons. The van der Waals surface area contributed by atoms with Gasteiger partial charge in [-0.1, -0.05) is 23.8 Å². The first kappa shape index (κ1) is 19.3. The van der Waals surface area contributed by atoms with Crippen LogP contribution in [0, 0.1) is 18.6 Å². The summed E-state index contributed by atoms with van der Waals surface area (Å²) >= 11 is 0. The van der Waals surface area contributed by atoms with Crippen molar-refractivity contribution in [2.45, 2.75) is 20.8 Å². The zero-order chi connectivity index (χ0) is 19.3. The summed E-state index contributed by atoms with van der Waals surface area (Å²) in [4.78, 5) is 7.83. The molecule has 0 aromatic heterocycles. The molecule has 0 spiro atoms. The zero-order valence-corrected chi connectivity index (χ0v) is 15.2. The first-order valence-corrected chi connectivity index (χ1v) is 8.00. The summed E-state index contributed by atoms with van der Waals surface area (Å²) in [6.45, 7) is 5.43. The fourth-order valence-electron chi connectivity index (χ4n) is 2.15. The Balaban J connectivity index is 2.30. The Morgan fingerprint density at radius 2 is 1.65 bits per heavy atom. The normalized spacial score (nSPS) is 13.1. The Bertz CT molecular complexity index is 861. The molecule has 0 aliphatic carbocycles. The highest BCUT2D eigenvalue weighted by Crippen LogP contribution is 2.29. The summed E-state index contributed by atoms with van der Waals surface area (Å²) in [6.07, 6.45) is 1.61. The Hall–Kier alpha value is -3.02. The fraction of sp³-hybridized carbons (Fsp3) is 0.200. The van der Waals surface area contributed by atoms with Gasteiger partial charge in [-0.25, -0.2) is 13.8 Å². The van der Waals surface area contributed by atoms with Gasteiger partial charge in [-0.3, -0.25) is 4.99 Å². The van der Waals surface area contributed by atoms with Crippen LogP contribution in [0.5, 0.6) is 11.5 Å². The molecule has 2 rings (SSSR count). The van der Waals surface area contributed by atoms with E-state index < -0.39 is 17.4 Å². The second-order valence-electron chi connectivity index (χ2n) is 5.84. The first-order valence-electron chi connectivity index (χ1n) is 8.00. The molecule has 0 atom stereocenters. The molecule has 2 N–H and O–H groups in total. The van der Waals surface area contributed by atoms with Crippen molar-refractivity contribution in [3.05, 3.63) is 64.7 Å². The molecular weight excluding hydrogens is 336 g/mol. The van der Waals surface area contributed by atoms with E-state index in [4.69, 9.17) is 10.5 Å². The third kappa shape index (κ3) is 4.99. The lowest BCUT2D eigenvalue weighted by atomic mass is 10.1. The van der Waals surface area contributed by atoms with E-state index in [1.807, 2.05) is 6.92 Å². The molecule has 0 heterocycles. The van der Waals surface area contributed by atoms with E-state index in [-0.39, 0.29) is 5.96 Å². The lowest BCUT2D eigenvalue weighted by Gasteiger charge is -2.09. The van der Waals surface area contributed by atoms with Crippen LogP contribution in [0.25, 0.3) is 6.08 Å². The number of nitrogens with zero attached hydrogens (tertiary/aromatic N) is 2. The summed E-state index contributed by atoms with van der Waals surface area (Å²) in [7, 11) is 1.53. The van der Waals surface area contributed by atoms with Gasteiger partial charge in [-0.15, -0.1) is 0 Å². The van der Waals surface area contributed by atoms with E-state index in [1.165, 1.54) is 19.2 Å². The van der Waals surface area contributed by atoms with Gasteiger partial charge in [-0.2, -0.15) is 0 Å². The van der Waals surface area contributed by atoms with Crippen LogP contribution < -0.4 is 10.5 Å². The van der Waals surface area contributed by atoms with Gasteiger partial charge < -0.3 is 10.5 Å². The molecule has 0 aliphatic heterocycles. The minimum Gasteiger partial charge on any atom is -0.451 e. The third-order valence-electron chi connectivity index (χ3n) is 3.73. The quantitative estimate of drug-likeness (QED) is 0.626. The molecule has 0 fully saturated rings. The lowest BCUT2D eigenvalue weighted by molar-refractivity contribution is 0.407. The summed E-state index contributed by atoms with van der Waals surface area (Å²) in [5.41, 5.74) is 8.26. The minimum atomic E-state index is -0.783. The molecule has 4 nitrogen and oxygen atoms in total. The van der Waals surface area contributed by atoms with Crippen molar-refractivity contribution in [2.75, 3.05) is 7.05 Å². The van der Waals surface area contributed by atoms with Gasteiger partial charge in [0.15, 0.2) is 17.4 Å². The maximum absolute atomic E-state index is 14.3. The number of hydrogen-bond donors (Lipinski definition) is 1. The molecule has 6 heteroatoms. The number of halogens is 2. The summed E-state index contributed by atoms with van der Waals surface area (Å²) in [5, 5.41) is 0. The van der Waals surface area contributed by atoms with Crippen LogP contribution in [0.2, 0.25) is 0 Å². The summed E-state index contributed by atoms with van der Waals surface area (Å²) in [5.74, 6) is -1.50. The van der Waals surface area contributed by atoms with E-state index in [0.29, 0.717) is 22.6 Å². The van der Waals surface area contributed by atoms with Gasteiger partial charge in [-0.05, 0) is 56.2 Å². The molecule has 2 aromatic carbocycles. The lowest BCUT2D eigenvalue weighted by Crippen LogP contribution is -2.11. The maximum Gasteiger partial charge on any atom is 0.215 e. The summed E-state index contributed by atoms with van der Waals surface area (Å²) < 4.78 is 34.0. The zero-order valence-electron chi connectivity index (χ0n) is 15.2. The number of guanidine groups is 1. The molecule has 0 amide bonds. The highest BCUT2D eigenvalue weighted by atomic mass is 19.1. The first-order chi connectivity index (χ1) is 12.3. The Kier molecular flexibility index (Phi) is 6.22. The molecule has 0 bridgehead atoms. The SMILES string of the molecule is CN=C(N)N=C(C)/C(C)=C/c1cc(F)c(Oc2ccc(C)cc2)c(F)c1. The van der Waals surface area contributed by atoms with Crippen LogP contribution in [-0.4, -0.2) is 18.7 Å². The molecule has 0 aliphatic rings. The highest BCUT2D eigenvalue weighted by molar-refractivity contribution is 6.07. The molecule has 0 saturated carbocycles. The third-order valence-corrected chi connectivity index (χ3v) is 3.73. The number of aryl methyl sites for hydroxylation is 1. The van der Waals surface area contributed by atoms with Crippen LogP contribution in [0.15, 0.2) is 52.0 Å². The summed E-state index contributed by atoms with van der Waals surface area (Å²) in [6, 6.07) is 9.34. The fourth-order valence-corrected chi connectivity index (χ4v) is 2.15. The van der Waals surface area contributed by atoms with Crippen LogP contribution in [-0.2, 0) is 0 Å². The maximum atomic E-state index is 14.3. The molecule has 26 heavy (non-hydrogen) atoms. The van der Waals surface area contributed by atoms with E-state index in [2.05, 4.69) is 9.98 Å². The number of nitrogens with two attached hydrogens (primary N) is 1. The van der Waals surface area contributed by atoms with E-state index in [9.17, 15) is 8.78 Å². The predicted molar refractivity (Wildman–Crippen MR) is 102 cm³/mol. The van der Waals surface area contributed by atoms with Crippen molar-refractivity contribution >= 4 is 17.7 Å². The van der Waals surface area contributed by atoms with Gasteiger partial charge in [0.05, 0.1) is 0 Å². The van der Waals surface area contributed by atoms with Gasteiger partial charge in [0.25, 0.3) is 0 Å². The number of hydrogen-bond acceptors (Lipinski definition) is 2. The number of aliphatic imine (C=N–C) groups is 2. The van der Waals surface area contributed by atoms with Crippen LogP contribution in [0.1, 0.15) is 25.0 Å². The van der Waals surface area contributed by atoms with Crippen LogP contribution in [0.3, 0.4) is 0 Å². The Labute approximate surface area is 151 Å². The van der Waals surface area contributed by atoms with Crippen LogP contribution in [0.4, 0.5) is 8.78 Å². The highest BCUT2D eigenvalue weighted by Gasteiger charge is 2.13. The van der Waals surface area contributed by atoms with Crippen molar-refractivity contribution in [3.8, 4) is 11.5 Å². The van der Waals surface area contributed by atoms with Gasteiger partial charge in [0.2, 0.25) is 5.96 Å². The Morgan fingerprint density at radius 3 is 2.19 bits per heavy atom. The van der Waals surface area contributed by atoms with Gasteiger partial charge >= 0.3 is 0 Å². The van der Waals surface area contributed by atoms with Gasteiger partial charge in [0.1, 0.15) is 5.75 Å². The largest absolute Gasteiger partial charge is 0.451 e. The van der Waals surface area contributed by atoms with Crippen LogP contribution >= 0.6 is 0 Å². The molecule has 0 unspecified atom stereocenters. The van der Waals surface area contributed by atoms with E-state index in [0.717, 1.165) is 5.56 Å². The average molecular weight is 357 g/mol. The predicted octanol–water partition coefficient (Wildman–Crippen LogP) is 4.87. The standard InChI is InChI=1S/C20H21F2N3O/c1-12-5-7-16(8-6-12)26-19-17(21)10-15(11-18(19)22)9-13(2)14(3)25-20(23)24-4/h5-11H,1-4H3,(H2,23,24)/b13-9+,25-14?. The second kappa shape index (κ2) is 8.38. The molecular formula is C20H21F2N3O. The molecule has 2 aromatic rings. The van der Waals surface area contributed by atoms with E-state index in [1.54, 1.807) is 44.2 Å². The Morgan fingerprint density at radius 1 is 1.08 bits per heavy atom.